The molecule has 0 spiro atoms. The Kier molecular flexibility index (Phi) is 6.24. The lowest BCUT2D eigenvalue weighted by Gasteiger charge is -2.69. The number of hydrogen-bond donors (Lipinski definition) is 2. The number of rotatable bonds is 7. The molecule has 5 aliphatic rings. The molecule has 44 heavy (non-hydrogen) atoms. The van der Waals surface area contributed by atoms with Crippen molar-refractivity contribution in [2.24, 2.45) is 5.41 Å². The number of ether oxygens (including phenoxy) is 3. The highest BCUT2D eigenvalue weighted by molar-refractivity contribution is 5.82. The van der Waals surface area contributed by atoms with Crippen LogP contribution in [0, 0.1) is 11.2 Å². The van der Waals surface area contributed by atoms with Gasteiger partial charge in [-0.05, 0) is 81.3 Å². The number of aromatic nitrogens is 2. The van der Waals surface area contributed by atoms with Crippen molar-refractivity contribution in [1.29, 1.82) is 0 Å². The standard InChI is InChI=1S/C30H28F6N4O4/c1-15(16-6-9-22-23(10-16)44-30(35,36)43-22)37-21-11-17(7-8-19(21)31)40-24-18(25(39-40)29(32,33)34)4-3-5-20(24)38-28-12-27(13-28,14-28)26(41)42-2/h6-11,15,20,37-38H,3-5,12-14H2,1-2H3/t15-,20-,27?,28?/m0/s1. The van der Waals surface area contributed by atoms with E-state index in [1.165, 1.54) is 42.1 Å². The zero-order valence-corrected chi connectivity index (χ0v) is 23.7. The third-order valence-corrected chi connectivity index (χ3v) is 9.16. The monoisotopic (exact) mass is 622 g/mol. The topological polar surface area (TPSA) is 86.6 Å². The van der Waals surface area contributed by atoms with Crippen LogP contribution in [-0.2, 0) is 22.1 Å². The number of methoxy groups -OCH3 is 1. The molecular formula is C30H28F6N4O4. The van der Waals surface area contributed by atoms with Crippen LogP contribution in [0.25, 0.3) is 5.69 Å². The minimum Gasteiger partial charge on any atom is -0.469 e. The molecule has 0 saturated heterocycles. The van der Waals surface area contributed by atoms with Crippen molar-refractivity contribution in [2.45, 2.75) is 75.5 Å². The van der Waals surface area contributed by atoms with Crippen LogP contribution in [0.1, 0.15) is 73.6 Å². The maximum Gasteiger partial charge on any atom is 0.586 e. The van der Waals surface area contributed by atoms with Crippen LogP contribution < -0.4 is 20.1 Å². The normalized spacial score (nSPS) is 26.7. The van der Waals surface area contributed by atoms with Crippen molar-refractivity contribution in [1.82, 2.24) is 15.1 Å². The van der Waals surface area contributed by atoms with Crippen molar-refractivity contribution in [3.05, 3.63) is 64.7 Å². The number of esters is 1. The molecule has 2 bridgehead atoms. The van der Waals surface area contributed by atoms with E-state index in [1.807, 2.05) is 0 Å². The van der Waals surface area contributed by atoms with Crippen LogP contribution in [0.5, 0.6) is 11.5 Å². The number of nitrogens with zero attached hydrogens (tertiary/aromatic N) is 2. The molecular weight excluding hydrogens is 594 g/mol. The summed E-state index contributed by atoms with van der Waals surface area (Å²) in [6.45, 7) is 1.67. The minimum absolute atomic E-state index is 0.0180. The molecule has 8 nitrogen and oxygen atoms in total. The van der Waals surface area contributed by atoms with Gasteiger partial charge >= 0.3 is 18.4 Å². The van der Waals surface area contributed by atoms with Gasteiger partial charge in [-0.1, -0.05) is 6.07 Å². The lowest BCUT2D eigenvalue weighted by molar-refractivity contribution is -0.286. The second-order valence-corrected chi connectivity index (χ2v) is 12.2. The summed E-state index contributed by atoms with van der Waals surface area (Å²) >= 11 is 0. The first kappa shape index (κ1) is 28.8. The van der Waals surface area contributed by atoms with Gasteiger partial charge in [0.05, 0.1) is 35.6 Å². The average Bonchev–Trinajstić information content (AvgIpc) is 3.47. The number of benzene rings is 2. The average molecular weight is 623 g/mol. The van der Waals surface area contributed by atoms with Crippen LogP contribution in [0.4, 0.5) is 32.0 Å². The fourth-order valence-corrected chi connectivity index (χ4v) is 7.30. The van der Waals surface area contributed by atoms with Crippen LogP contribution in [0.2, 0.25) is 0 Å². The van der Waals surface area contributed by atoms with Gasteiger partial charge in [-0.25, -0.2) is 9.07 Å². The highest BCUT2D eigenvalue weighted by atomic mass is 19.4. The summed E-state index contributed by atoms with van der Waals surface area (Å²) in [4.78, 5) is 12.2. The van der Waals surface area contributed by atoms with Gasteiger partial charge in [0.2, 0.25) is 0 Å². The van der Waals surface area contributed by atoms with Crippen LogP contribution >= 0.6 is 0 Å². The molecule has 3 saturated carbocycles. The maximum atomic E-state index is 15.0. The molecule has 8 rings (SSSR count). The number of carbonyl (C=O) groups is 1. The highest BCUT2D eigenvalue weighted by Gasteiger charge is 2.72. The Morgan fingerprint density at radius 3 is 2.55 bits per heavy atom. The Morgan fingerprint density at radius 2 is 1.84 bits per heavy atom. The summed E-state index contributed by atoms with van der Waals surface area (Å²) in [6, 6.07) is 6.98. The first-order chi connectivity index (χ1) is 20.7. The Hall–Kier alpha value is -3.94. The molecule has 3 aromatic rings. The molecule has 0 radical (unpaired) electrons. The Morgan fingerprint density at radius 1 is 1.11 bits per heavy atom. The molecule has 2 aromatic carbocycles. The predicted octanol–water partition coefficient (Wildman–Crippen LogP) is 6.59. The SMILES string of the molecule is COC(=O)C12CC(N[C@H]3CCCc4c(C(F)(F)F)nn(-c5ccc(F)c(N[C@@H](C)c6ccc7c(c6)OC(F)(F)O7)c5)c43)(C1)C2. The number of anilines is 1. The molecule has 2 N–H and O–H groups in total. The number of alkyl halides is 5. The first-order valence-corrected chi connectivity index (χ1v) is 14.2. The molecule has 1 aliphatic heterocycles. The van der Waals surface area contributed by atoms with Crippen LogP contribution in [-0.4, -0.2) is 34.7 Å². The number of hydrogen-bond acceptors (Lipinski definition) is 7. The van der Waals surface area contributed by atoms with E-state index in [0.717, 1.165) is 6.07 Å². The summed E-state index contributed by atoms with van der Waals surface area (Å²) in [5.41, 5.74) is -0.719. The third-order valence-electron chi connectivity index (χ3n) is 9.16. The van der Waals surface area contributed by atoms with Crippen molar-refractivity contribution < 1.29 is 45.3 Å². The summed E-state index contributed by atoms with van der Waals surface area (Å²) in [6.07, 6.45) is -5.55. The van der Waals surface area contributed by atoms with Gasteiger partial charge in [0.15, 0.2) is 17.2 Å². The molecule has 3 fully saturated rings. The zero-order chi connectivity index (χ0) is 31.2. The Labute approximate surface area is 247 Å². The largest absolute Gasteiger partial charge is 0.586 e. The molecule has 1 aromatic heterocycles. The fraction of sp³-hybridized carbons (Fsp3) is 0.467. The first-order valence-electron chi connectivity index (χ1n) is 14.2. The van der Waals surface area contributed by atoms with E-state index >= 15 is 4.39 Å². The fourth-order valence-electron chi connectivity index (χ4n) is 7.30. The third kappa shape index (κ3) is 4.56. The van der Waals surface area contributed by atoms with Gasteiger partial charge in [0.1, 0.15) is 5.82 Å². The van der Waals surface area contributed by atoms with E-state index in [0.29, 0.717) is 43.4 Å². The Bertz CT molecular complexity index is 1650. The highest BCUT2D eigenvalue weighted by Crippen LogP contribution is 2.68. The minimum atomic E-state index is -4.70. The summed E-state index contributed by atoms with van der Waals surface area (Å²) in [5.74, 6) is -1.24. The van der Waals surface area contributed by atoms with E-state index in [-0.39, 0.29) is 46.4 Å². The zero-order valence-electron chi connectivity index (χ0n) is 23.7. The maximum absolute atomic E-state index is 15.0. The second kappa shape index (κ2) is 9.53. The van der Waals surface area contributed by atoms with E-state index < -0.39 is 41.5 Å². The van der Waals surface area contributed by atoms with E-state index in [1.54, 1.807) is 6.92 Å². The van der Waals surface area contributed by atoms with E-state index in [4.69, 9.17) is 4.74 Å². The molecule has 14 heteroatoms. The van der Waals surface area contributed by atoms with Gasteiger partial charge in [0, 0.05) is 17.1 Å². The smallest absolute Gasteiger partial charge is 0.469 e. The van der Waals surface area contributed by atoms with E-state index in [9.17, 15) is 26.7 Å². The van der Waals surface area contributed by atoms with Crippen LogP contribution in [0.15, 0.2) is 36.4 Å². The quantitative estimate of drug-likeness (QED) is 0.227. The number of carbonyl (C=O) groups excluding carboxylic acids is 1. The summed E-state index contributed by atoms with van der Waals surface area (Å²) in [5, 5.41) is 10.5. The second-order valence-electron chi connectivity index (χ2n) is 12.2. The van der Waals surface area contributed by atoms with Crippen molar-refractivity contribution in [2.75, 3.05) is 12.4 Å². The summed E-state index contributed by atoms with van der Waals surface area (Å²) < 4.78 is 99.6. The van der Waals surface area contributed by atoms with E-state index in [2.05, 4.69) is 25.2 Å². The van der Waals surface area contributed by atoms with Gasteiger partial charge < -0.3 is 24.8 Å². The van der Waals surface area contributed by atoms with Crippen molar-refractivity contribution in [3.63, 3.8) is 0 Å². The predicted molar refractivity (Wildman–Crippen MR) is 143 cm³/mol. The number of nitrogens with one attached hydrogen (secondary N) is 2. The van der Waals surface area contributed by atoms with Crippen molar-refractivity contribution >= 4 is 11.7 Å². The molecule has 0 amide bonds. The van der Waals surface area contributed by atoms with Gasteiger partial charge in [-0.3, -0.25) is 4.79 Å². The van der Waals surface area contributed by atoms with Gasteiger partial charge in [0.25, 0.3) is 0 Å². The van der Waals surface area contributed by atoms with Gasteiger partial charge in [-0.15, -0.1) is 8.78 Å². The molecule has 2 heterocycles. The summed E-state index contributed by atoms with van der Waals surface area (Å²) in [7, 11) is 1.34. The number of fused-ring (bicyclic) bond motifs is 2. The number of halogens is 6. The van der Waals surface area contributed by atoms with Crippen LogP contribution in [0.3, 0.4) is 0 Å². The lowest BCUT2D eigenvalue weighted by atomic mass is 9.39. The molecule has 234 valence electrons. The van der Waals surface area contributed by atoms with Crippen molar-refractivity contribution in [3.8, 4) is 17.2 Å². The Balaban J connectivity index is 1.19. The van der Waals surface area contributed by atoms with Gasteiger partial charge in [-0.2, -0.15) is 18.3 Å². The lowest BCUT2D eigenvalue weighted by Crippen LogP contribution is -2.76. The molecule has 0 unspecified atom stereocenters. The molecule has 2 atom stereocenters. The molecule has 4 aliphatic carbocycles.